The molecule has 0 radical (unpaired) electrons. The number of likely N-dealkylation sites (tertiary alicyclic amines) is 1. The molecular formula is C6H10N2. The zero-order chi connectivity index (χ0) is 5.82. The van der Waals surface area contributed by atoms with Gasteiger partial charge in [-0.15, -0.1) is 0 Å². The summed E-state index contributed by atoms with van der Waals surface area (Å²) in [6, 6.07) is 2.13. The number of nitriles is 1. The van der Waals surface area contributed by atoms with Crippen LogP contribution in [0.4, 0.5) is 0 Å². The molecule has 0 amide bonds. The zero-order valence-electron chi connectivity index (χ0n) is 4.93. The van der Waals surface area contributed by atoms with E-state index < -0.39 is 0 Å². The molecule has 2 nitrogen and oxygen atoms in total. The predicted octanol–water partition coefficient (Wildman–Crippen LogP) is 0.606. The molecule has 1 saturated heterocycles. The summed E-state index contributed by atoms with van der Waals surface area (Å²) < 4.78 is 0. The molecule has 2 heteroatoms. The van der Waals surface area contributed by atoms with Crippen molar-refractivity contribution in [3.8, 4) is 6.07 Å². The lowest BCUT2D eigenvalue weighted by atomic mass is 10.2. The number of hydrogen-bond acceptors (Lipinski definition) is 2. The second-order valence-electron chi connectivity index (χ2n) is 2.10. The molecule has 0 unspecified atom stereocenters. The van der Waals surface area contributed by atoms with Crippen LogP contribution in [0.25, 0.3) is 0 Å². The maximum Gasteiger partial charge on any atom is 0.0635 e. The number of nitrogens with zero attached hydrogens (tertiary/aromatic N) is 2. The lowest BCUT2D eigenvalue weighted by Gasteiger charge is -2.29. The summed E-state index contributed by atoms with van der Waals surface area (Å²) in [5, 5.41) is 8.16. The van der Waals surface area contributed by atoms with Crippen molar-refractivity contribution in [3.63, 3.8) is 0 Å². The highest BCUT2D eigenvalue weighted by Crippen LogP contribution is 2.04. The average Bonchev–Trinajstić information content (AvgIpc) is 1.63. The third kappa shape index (κ3) is 1.21. The Labute approximate surface area is 49.7 Å². The normalized spacial score (nSPS) is 19.4. The van der Waals surface area contributed by atoms with Gasteiger partial charge in [-0.3, -0.25) is 0 Å². The first-order valence-electron chi connectivity index (χ1n) is 3.03. The highest BCUT2D eigenvalue weighted by Gasteiger charge is 2.11. The van der Waals surface area contributed by atoms with E-state index in [9.17, 15) is 0 Å². The molecule has 0 bridgehead atoms. The van der Waals surface area contributed by atoms with Crippen LogP contribution in [-0.4, -0.2) is 24.5 Å². The van der Waals surface area contributed by atoms with E-state index in [1.54, 1.807) is 0 Å². The van der Waals surface area contributed by atoms with Gasteiger partial charge >= 0.3 is 0 Å². The summed E-state index contributed by atoms with van der Waals surface area (Å²) in [6.45, 7) is 3.40. The van der Waals surface area contributed by atoms with E-state index in [1.807, 2.05) is 0 Å². The van der Waals surface area contributed by atoms with Crippen molar-refractivity contribution in [1.82, 2.24) is 4.90 Å². The fourth-order valence-electron chi connectivity index (χ4n) is 0.813. The van der Waals surface area contributed by atoms with Crippen LogP contribution in [0.2, 0.25) is 0 Å². The summed E-state index contributed by atoms with van der Waals surface area (Å²) in [6.07, 6.45) is 2.02. The van der Waals surface area contributed by atoms with E-state index in [2.05, 4.69) is 11.0 Å². The summed E-state index contributed by atoms with van der Waals surface area (Å²) in [7, 11) is 0. The monoisotopic (exact) mass is 110 g/mol. The van der Waals surface area contributed by atoms with Crippen LogP contribution in [-0.2, 0) is 0 Å². The minimum Gasteiger partial charge on any atom is -0.302 e. The van der Waals surface area contributed by atoms with E-state index in [0.717, 1.165) is 6.54 Å². The fourth-order valence-corrected chi connectivity index (χ4v) is 0.813. The molecule has 0 N–H and O–H groups in total. The molecule has 1 rings (SSSR count). The molecule has 44 valence electrons. The van der Waals surface area contributed by atoms with E-state index >= 15 is 0 Å². The van der Waals surface area contributed by atoms with Gasteiger partial charge in [0.15, 0.2) is 0 Å². The van der Waals surface area contributed by atoms with Gasteiger partial charge < -0.3 is 4.90 Å². The largest absolute Gasteiger partial charge is 0.302 e. The second kappa shape index (κ2) is 2.68. The number of hydrogen-bond donors (Lipinski definition) is 0. The first kappa shape index (κ1) is 5.58. The van der Waals surface area contributed by atoms with Crippen molar-refractivity contribution >= 4 is 0 Å². The van der Waals surface area contributed by atoms with Gasteiger partial charge in [0.2, 0.25) is 0 Å². The Morgan fingerprint density at radius 2 is 2.25 bits per heavy atom. The number of rotatable bonds is 2. The molecule has 0 aromatic carbocycles. The maximum atomic E-state index is 8.16. The Morgan fingerprint density at radius 1 is 1.50 bits per heavy atom. The molecule has 0 spiro atoms. The molecule has 1 aliphatic rings. The van der Waals surface area contributed by atoms with Crippen molar-refractivity contribution in [2.24, 2.45) is 0 Å². The summed E-state index contributed by atoms with van der Waals surface area (Å²) in [5.74, 6) is 0. The molecular weight excluding hydrogens is 100 g/mol. The minimum atomic E-state index is 0.694. The first-order chi connectivity index (χ1) is 3.93. The van der Waals surface area contributed by atoms with Gasteiger partial charge in [0, 0.05) is 13.0 Å². The van der Waals surface area contributed by atoms with Crippen molar-refractivity contribution < 1.29 is 0 Å². The molecule has 1 aliphatic heterocycles. The lowest BCUT2D eigenvalue weighted by Crippen LogP contribution is -2.37. The molecule has 1 heterocycles. The standard InChI is InChI=1S/C6H10N2/c7-3-1-4-8-5-2-6-8/h1-2,4-6H2. The van der Waals surface area contributed by atoms with Gasteiger partial charge in [-0.05, 0) is 19.5 Å². The van der Waals surface area contributed by atoms with Crippen LogP contribution in [0.5, 0.6) is 0 Å². The Kier molecular flexibility index (Phi) is 1.87. The van der Waals surface area contributed by atoms with Crippen molar-refractivity contribution in [1.29, 1.82) is 5.26 Å². The van der Waals surface area contributed by atoms with E-state index in [1.165, 1.54) is 19.5 Å². The van der Waals surface area contributed by atoms with Crippen LogP contribution in [0.1, 0.15) is 12.8 Å². The molecule has 0 aromatic rings. The van der Waals surface area contributed by atoms with Gasteiger partial charge in [0.1, 0.15) is 0 Å². The van der Waals surface area contributed by atoms with Gasteiger partial charge in [-0.2, -0.15) is 5.26 Å². The Balaban J connectivity index is 1.95. The zero-order valence-corrected chi connectivity index (χ0v) is 4.93. The Hall–Kier alpha value is -0.550. The summed E-state index contributed by atoms with van der Waals surface area (Å²) in [5.41, 5.74) is 0. The predicted molar refractivity (Wildman–Crippen MR) is 31.3 cm³/mol. The van der Waals surface area contributed by atoms with Crippen LogP contribution < -0.4 is 0 Å². The quantitative estimate of drug-likeness (QED) is 0.520. The highest BCUT2D eigenvalue weighted by molar-refractivity contribution is 4.75. The van der Waals surface area contributed by atoms with Gasteiger partial charge in [-0.25, -0.2) is 0 Å². The highest BCUT2D eigenvalue weighted by atomic mass is 15.2. The minimum absolute atomic E-state index is 0.694. The average molecular weight is 110 g/mol. The Morgan fingerprint density at radius 3 is 2.62 bits per heavy atom. The van der Waals surface area contributed by atoms with Crippen LogP contribution in [0.3, 0.4) is 0 Å². The van der Waals surface area contributed by atoms with Gasteiger partial charge in [0.05, 0.1) is 6.07 Å². The van der Waals surface area contributed by atoms with Crippen LogP contribution in [0, 0.1) is 11.3 Å². The molecule has 0 saturated carbocycles. The second-order valence-corrected chi connectivity index (χ2v) is 2.10. The molecule has 0 aliphatic carbocycles. The van der Waals surface area contributed by atoms with Crippen molar-refractivity contribution in [2.45, 2.75) is 12.8 Å². The SMILES string of the molecule is N#CCCN1CCC1. The van der Waals surface area contributed by atoms with Crippen LogP contribution >= 0.6 is 0 Å². The van der Waals surface area contributed by atoms with Crippen molar-refractivity contribution in [3.05, 3.63) is 0 Å². The topological polar surface area (TPSA) is 27.0 Å². The van der Waals surface area contributed by atoms with Gasteiger partial charge in [0.25, 0.3) is 0 Å². The summed E-state index contributed by atoms with van der Waals surface area (Å²) >= 11 is 0. The van der Waals surface area contributed by atoms with Gasteiger partial charge in [-0.1, -0.05) is 0 Å². The van der Waals surface area contributed by atoms with Crippen LogP contribution in [0.15, 0.2) is 0 Å². The first-order valence-corrected chi connectivity index (χ1v) is 3.03. The molecule has 8 heavy (non-hydrogen) atoms. The van der Waals surface area contributed by atoms with Crippen molar-refractivity contribution in [2.75, 3.05) is 19.6 Å². The fraction of sp³-hybridized carbons (Fsp3) is 0.833. The third-order valence-electron chi connectivity index (χ3n) is 1.49. The van der Waals surface area contributed by atoms with E-state index in [4.69, 9.17) is 5.26 Å². The molecule has 0 aromatic heterocycles. The summed E-state index contributed by atoms with van der Waals surface area (Å²) in [4.78, 5) is 2.29. The van der Waals surface area contributed by atoms with E-state index in [-0.39, 0.29) is 0 Å². The maximum absolute atomic E-state index is 8.16. The molecule has 1 fully saturated rings. The molecule has 0 atom stereocenters. The third-order valence-corrected chi connectivity index (χ3v) is 1.49. The smallest absolute Gasteiger partial charge is 0.0635 e. The Bertz CT molecular complexity index is 99.6. The lowest BCUT2D eigenvalue weighted by molar-refractivity contribution is 0.186. The van der Waals surface area contributed by atoms with E-state index in [0.29, 0.717) is 6.42 Å².